The molecule has 0 aliphatic rings. The Morgan fingerprint density at radius 1 is 0.280 bits per heavy atom. The van der Waals surface area contributed by atoms with E-state index in [0.29, 0.717) is 19.3 Å². The maximum Gasteiger partial charge on any atom is 0.306 e. The van der Waals surface area contributed by atoms with Gasteiger partial charge < -0.3 is 14.2 Å². The zero-order chi connectivity index (χ0) is 54.3. The SMILES string of the molecule is CC/C=C\C/C=C\C/C=C\C/C=C\C/C=C\C/C=C\CCCCCCC(=O)OCC(COC(=O)CCCCCCC/C=C\C/C=C\CCCCCC)OC(=O)CCCCCCCCCCCCCCCCCCCC. The van der Waals surface area contributed by atoms with Gasteiger partial charge in [0, 0.05) is 19.3 Å². The average Bonchev–Trinajstić information content (AvgIpc) is 3.41. The minimum Gasteiger partial charge on any atom is -0.462 e. The number of hydrogen-bond acceptors (Lipinski definition) is 6. The van der Waals surface area contributed by atoms with Crippen molar-refractivity contribution in [2.24, 2.45) is 0 Å². The number of carbonyl (C=O) groups excluding carboxylic acids is 3. The molecule has 430 valence electrons. The Hall–Kier alpha value is -3.67. The molecule has 0 aromatic heterocycles. The molecule has 0 saturated carbocycles. The quantitative estimate of drug-likeness (QED) is 0.0261. The standard InChI is InChI=1S/C69H118O6/c1-4-7-10-13-16-19-22-25-28-31-33-34-35-36-37-39-41-44-47-50-53-56-59-62-68(71)74-65-66(64-73-67(70)61-58-55-52-49-46-43-40-30-27-24-21-18-15-12-9-6-3)75-69(72)63-60-57-54-51-48-45-42-38-32-29-26-23-20-17-14-11-8-5-2/h7,10,16,19,21,24-25,28,30,33-34,36-37,40-41,44,66H,4-6,8-9,11-15,17-18,20,22-23,26-27,29,31-32,35,38-39,42-43,45-65H2,1-3H3/b10-7-,19-16-,24-21-,28-25-,34-33-,37-36-,40-30-,44-41-. The Labute approximate surface area is 464 Å². The minimum atomic E-state index is -0.795. The molecule has 0 fully saturated rings. The van der Waals surface area contributed by atoms with Crippen molar-refractivity contribution < 1.29 is 28.6 Å². The fourth-order valence-electron chi connectivity index (χ4n) is 8.83. The average molecular weight is 1040 g/mol. The van der Waals surface area contributed by atoms with Gasteiger partial charge in [0.05, 0.1) is 0 Å². The number of carbonyl (C=O) groups is 3. The molecule has 75 heavy (non-hydrogen) atoms. The van der Waals surface area contributed by atoms with Crippen LogP contribution in [0, 0.1) is 0 Å². The molecule has 6 nitrogen and oxygen atoms in total. The van der Waals surface area contributed by atoms with E-state index in [1.165, 1.54) is 128 Å². The highest BCUT2D eigenvalue weighted by Gasteiger charge is 2.19. The Bertz CT molecular complexity index is 1480. The van der Waals surface area contributed by atoms with Gasteiger partial charge in [0.2, 0.25) is 0 Å². The summed E-state index contributed by atoms with van der Waals surface area (Å²) < 4.78 is 16.9. The molecule has 0 saturated heterocycles. The van der Waals surface area contributed by atoms with E-state index < -0.39 is 6.10 Å². The van der Waals surface area contributed by atoms with Gasteiger partial charge in [-0.25, -0.2) is 0 Å². The van der Waals surface area contributed by atoms with Gasteiger partial charge in [0.1, 0.15) is 13.2 Å². The van der Waals surface area contributed by atoms with Crippen molar-refractivity contribution in [3.05, 3.63) is 97.2 Å². The maximum atomic E-state index is 12.9. The van der Waals surface area contributed by atoms with Crippen molar-refractivity contribution >= 4 is 17.9 Å². The van der Waals surface area contributed by atoms with Crippen LogP contribution in [-0.2, 0) is 28.6 Å². The van der Waals surface area contributed by atoms with Gasteiger partial charge in [-0.3, -0.25) is 14.4 Å². The second kappa shape index (κ2) is 62.9. The fourth-order valence-corrected chi connectivity index (χ4v) is 8.83. The molecule has 0 aliphatic heterocycles. The molecule has 1 unspecified atom stereocenters. The highest BCUT2D eigenvalue weighted by Crippen LogP contribution is 2.16. The van der Waals surface area contributed by atoms with Crippen molar-refractivity contribution in [3.63, 3.8) is 0 Å². The topological polar surface area (TPSA) is 78.9 Å². The fraction of sp³-hybridized carbons (Fsp3) is 0.725. The molecule has 0 N–H and O–H groups in total. The smallest absolute Gasteiger partial charge is 0.306 e. The van der Waals surface area contributed by atoms with E-state index in [1.807, 2.05) is 0 Å². The number of esters is 3. The molecule has 0 aromatic rings. The molecule has 6 heteroatoms. The number of unbranched alkanes of at least 4 members (excludes halogenated alkanes) is 30. The Kier molecular flexibility index (Phi) is 59.8. The molecule has 0 radical (unpaired) electrons. The van der Waals surface area contributed by atoms with Crippen LogP contribution in [-0.4, -0.2) is 37.2 Å². The lowest BCUT2D eigenvalue weighted by Crippen LogP contribution is -2.30. The molecule has 0 aromatic carbocycles. The molecule has 0 rings (SSSR count). The summed E-state index contributed by atoms with van der Waals surface area (Å²) >= 11 is 0. The summed E-state index contributed by atoms with van der Waals surface area (Å²) in [5.41, 5.74) is 0. The summed E-state index contributed by atoms with van der Waals surface area (Å²) in [4.78, 5) is 38.3. The van der Waals surface area contributed by atoms with Crippen molar-refractivity contribution in [1.29, 1.82) is 0 Å². The van der Waals surface area contributed by atoms with Crippen molar-refractivity contribution in [2.45, 2.75) is 309 Å². The van der Waals surface area contributed by atoms with Crippen LogP contribution in [0.25, 0.3) is 0 Å². The molecule has 1 atom stereocenters. The molecule has 0 bridgehead atoms. The first kappa shape index (κ1) is 71.3. The number of ether oxygens (including phenoxy) is 3. The van der Waals surface area contributed by atoms with Gasteiger partial charge in [-0.1, -0.05) is 279 Å². The normalized spacial score (nSPS) is 12.7. The third kappa shape index (κ3) is 61.1. The number of allylic oxidation sites excluding steroid dienone is 16. The predicted octanol–water partition coefficient (Wildman–Crippen LogP) is 21.7. The number of hydrogen-bond donors (Lipinski definition) is 0. The lowest BCUT2D eigenvalue weighted by molar-refractivity contribution is -0.167. The Morgan fingerprint density at radius 3 is 0.827 bits per heavy atom. The molecule has 0 aliphatic carbocycles. The van der Waals surface area contributed by atoms with Crippen LogP contribution in [0.3, 0.4) is 0 Å². The zero-order valence-corrected chi connectivity index (χ0v) is 49.3. The molecular weight excluding hydrogens is 925 g/mol. The van der Waals surface area contributed by atoms with E-state index >= 15 is 0 Å². The van der Waals surface area contributed by atoms with Crippen molar-refractivity contribution in [2.75, 3.05) is 13.2 Å². The van der Waals surface area contributed by atoms with Crippen LogP contribution in [0.2, 0.25) is 0 Å². The first-order valence-electron chi connectivity index (χ1n) is 31.7. The van der Waals surface area contributed by atoms with E-state index in [-0.39, 0.29) is 31.1 Å². The lowest BCUT2D eigenvalue weighted by atomic mass is 10.0. The van der Waals surface area contributed by atoms with Crippen LogP contribution in [0.5, 0.6) is 0 Å². The van der Waals surface area contributed by atoms with Gasteiger partial charge in [0.25, 0.3) is 0 Å². The van der Waals surface area contributed by atoms with E-state index in [4.69, 9.17) is 14.2 Å². The first-order valence-corrected chi connectivity index (χ1v) is 31.7. The van der Waals surface area contributed by atoms with Gasteiger partial charge in [-0.15, -0.1) is 0 Å². The summed E-state index contributed by atoms with van der Waals surface area (Å²) in [6.45, 7) is 6.51. The van der Waals surface area contributed by atoms with Gasteiger partial charge in [-0.2, -0.15) is 0 Å². The summed E-state index contributed by atoms with van der Waals surface area (Å²) in [5.74, 6) is -0.917. The second-order valence-electron chi connectivity index (χ2n) is 20.9. The Morgan fingerprint density at radius 2 is 0.520 bits per heavy atom. The third-order valence-corrected chi connectivity index (χ3v) is 13.6. The maximum absolute atomic E-state index is 12.9. The summed E-state index contributed by atoms with van der Waals surface area (Å²) in [6, 6.07) is 0. The highest BCUT2D eigenvalue weighted by atomic mass is 16.6. The van der Waals surface area contributed by atoms with Gasteiger partial charge in [-0.05, 0) is 103 Å². The third-order valence-electron chi connectivity index (χ3n) is 13.6. The van der Waals surface area contributed by atoms with Gasteiger partial charge in [0.15, 0.2) is 6.10 Å². The monoisotopic (exact) mass is 1040 g/mol. The van der Waals surface area contributed by atoms with Crippen LogP contribution >= 0.6 is 0 Å². The van der Waals surface area contributed by atoms with E-state index in [2.05, 4.69) is 118 Å². The van der Waals surface area contributed by atoms with Crippen molar-refractivity contribution in [3.8, 4) is 0 Å². The molecular formula is C69H118O6. The van der Waals surface area contributed by atoms with Crippen LogP contribution in [0.15, 0.2) is 97.2 Å². The van der Waals surface area contributed by atoms with E-state index in [9.17, 15) is 14.4 Å². The van der Waals surface area contributed by atoms with E-state index in [0.717, 1.165) is 135 Å². The van der Waals surface area contributed by atoms with Gasteiger partial charge >= 0.3 is 17.9 Å². The summed E-state index contributed by atoms with van der Waals surface area (Å²) in [7, 11) is 0. The molecule has 0 amide bonds. The number of rotatable bonds is 57. The summed E-state index contributed by atoms with van der Waals surface area (Å²) in [5, 5.41) is 0. The van der Waals surface area contributed by atoms with E-state index in [1.54, 1.807) is 0 Å². The predicted molar refractivity (Wildman–Crippen MR) is 325 cm³/mol. The summed E-state index contributed by atoms with van der Waals surface area (Å²) in [6.07, 6.45) is 84.0. The van der Waals surface area contributed by atoms with Crippen LogP contribution in [0.4, 0.5) is 0 Å². The minimum absolute atomic E-state index is 0.0913. The lowest BCUT2D eigenvalue weighted by Gasteiger charge is -2.18. The molecule has 0 spiro atoms. The second-order valence-corrected chi connectivity index (χ2v) is 20.9. The van der Waals surface area contributed by atoms with Crippen LogP contribution < -0.4 is 0 Å². The van der Waals surface area contributed by atoms with Crippen LogP contribution in [0.1, 0.15) is 303 Å². The Balaban J connectivity index is 4.44. The van der Waals surface area contributed by atoms with Crippen molar-refractivity contribution in [1.82, 2.24) is 0 Å². The molecule has 0 heterocycles. The largest absolute Gasteiger partial charge is 0.462 e. The first-order chi connectivity index (χ1) is 37.0. The zero-order valence-electron chi connectivity index (χ0n) is 49.3. The highest BCUT2D eigenvalue weighted by molar-refractivity contribution is 5.71.